The van der Waals surface area contributed by atoms with Gasteiger partial charge in [0, 0.05) is 16.8 Å². The van der Waals surface area contributed by atoms with E-state index in [9.17, 15) is 18.6 Å². The molecule has 0 unspecified atom stereocenters. The van der Waals surface area contributed by atoms with E-state index in [4.69, 9.17) is 9.58 Å². The Kier molecular flexibility index (Phi) is 5.19. The van der Waals surface area contributed by atoms with Crippen LogP contribution in [0.3, 0.4) is 0 Å². The molecule has 0 aromatic heterocycles. The second-order valence-corrected chi connectivity index (χ2v) is 8.42. The maximum atomic E-state index is 12.9. The summed E-state index contributed by atoms with van der Waals surface area (Å²) >= 11 is 0. The third kappa shape index (κ3) is 4.13. The Morgan fingerprint density at radius 3 is 2.10 bits per heavy atom. The van der Waals surface area contributed by atoms with Crippen LogP contribution >= 0.6 is 0 Å². The predicted molar refractivity (Wildman–Crippen MR) is 116 cm³/mol. The zero-order chi connectivity index (χ0) is 22.0. The molecule has 0 heterocycles. The molecular weight excluding hydrogens is 416 g/mol. The molecule has 4 rings (SSSR count). The van der Waals surface area contributed by atoms with Crippen molar-refractivity contribution in [2.45, 2.75) is 11.3 Å². The highest BCUT2D eigenvalue weighted by molar-refractivity contribution is 7.87. The Balaban J connectivity index is 1.60. The number of rotatable bonds is 5. The monoisotopic (exact) mass is 433 g/mol. The highest BCUT2D eigenvalue weighted by atomic mass is 32.2. The van der Waals surface area contributed by atoms with Crippen LogP contribution in [0.4, 0.5) is 5.69 Å². The molecule has 0 fully saturated rings. The summed E-state index contributed by atoms with van der Waals surface area (Å²) < 4.78 is 31.1. The van der Waals surface area contributed by atoms with Gasteiger partial charge >= 0.3 is 15.8 Å². The first-order chi connectivity index (χ1) is 14.9. The Bertz CT molecular complexity index is 1410. The van der Waals surface area contributed by atoms with E-state index >= 15 is 0 Å². The van der Waals surface area contributed by atoms with Gasteiger partial charge in [0.05, 0.1) is 0 Å². The van der Waals surface area contributed by atoms with Gasteiger partial charge in [-0.05, 0) is 53.9 Å². The average molecular weight is 433 g/mol. The molecule has 2 N–H and O–H groups in total. The summed E-state index contributed by atoms with van der Waals surface area (Å²) in [6.07, 6.45) is 0.619. The lowest BCUT2D eigenvalue weighted by atomic mass is 10.1. The van der Waals surface area contributed by atoms with Crippen LogP contribution in [0, 0.1) is 5.39 Å². The Morgan fingerprint density at radius 1 is 0.806 bits per heavy atom. The number of fused-ring (bicyclic) bond motifs is 1. The number of hydrogen-bond acceptors (Lipinski definition) is 6. The quantitative estimate of drug-likeness (QED) is 0.335. The third-order valence-electron chi connectivity index (χ3n) is 4.82. The molecule has 0 amide bonds. The summed E-state index contributed by atoms with van der Waals surface area (Å²) in [4.78, 5) is 2.87. The molecule has 0 radical (unpaired) electrons. The SMILES string of the molecule is N#[N+]c1ccc2c(S(=O)(=O)Oc3ccc(Cc4ccc(O)cc4)cc3)cccc2c1O. The molecule has 4 aromatic rings. The number of diazo groups is 1. The fourth-order valence-corrected chi connectivity index (χ4v) is 4.43. The molecule has 0 saturated heterocycles. The van der Waals surface area contributed by atoms with Crippen molar-refractivity contribution in [1.29, 1.82) is 5.39 Å². The minimum Gasteiger partial charge on any atom is -0.508 e. The molecule has 154 valence electrons. The van der Waals surface area contributed by atoms with E-state index in [1.807, 2.05) is 12.1 Å². The first kappa shape index (κ1) is 20.2. The average Bonchev–Trinajstić information content (AvgIpc) is 2.76. The van der Waals surface area contributed by atoms with E-state index in [1.54, 1.807) is 36.4 Å². The molecule has 0 aliphatic heterocycles. The van der Waals surface area contributed by atoms with Crippen LogP contribution in [0.15, 0.2) is 83.8 Å². The fraction of sp³-hybridized carbons (Fsp3) is 0.0435. The molecule has 8 heteroatoms. The van der Waals surface area contributed by atoms with Gasteiger partial charge < -0.3 is 14.4 Å². The third-order valence-corrected chi connectivity index (χ3v) is 6.13. The molecule has 0 atom stereocenters. The number of aromatic hydroxyl groups is 2. The molecule has 0 saturated carbocycles. The van der Waals surface area contributed by atoms with Gasteiger partial charge in [0.15, 0.2) is 4.98 Å². The first-order valence-electron chi connectivity index (χ1n) is 9.28. The minimum absolute atomic E-state index is 0.0628. The maximum Gasteiger partial charge on any atom is 0.426 e. The molecule has 7 nitrogen and oxygen atoms in total. The van der Waals surface area contributed by atoms with Gasteiger partial charge in [0.2, 0.25) is 11.1 Å². The second-order valence-electron chi connectivity index (χ2n) is 6.91. The van der Waals surface area contributed by atoms with Crippen LogP contribution in [0.25, 0.3) is 15.7 Å². The zero-order valence-corrected chi connectivity index (χ0v) is 17.0. The van der Waals surface area contributed by atoms with Gasteiger partial charge in [-0.15, -0.1) is 0 Å². The molecule has 0 aliphatic carbocycles. The van der Waals surface area contributed by atoms with E-state index in [0.29, 0.717) is 6.42 Å². The lowest BCUT2D eigenvalue weighted by Gasteiger charge is -2.10. The van der Waals surface area contributed by atoms with Crippen molar-refractivity contribution in [2.24, 2.45) is 0 Å². The van der Waals surface area contributed by atoms with E-state index in [0.717, 1.165) is 11.1 Å². The Hall–Kier alpha value is -4.09. The van der Waals surface area contributed by atoms with Gasteiger partial charge in [-0.3, -0.25) is 0 Å². The van der Waals surface area contributed by atoms with Crippen LogP contribution in [-0.4, -0.2) is 18.6 Å². The molecule has 31 heavy (non-hydrogen) atoms. The summed E-state index contributed by atoms with van der Waals surface area (Å²) in [6, 6.07) is 20.7. The van der Waals surface area contributed by atoms with Gasteiger partial charge in [-0.25, -0.2) is 0 Å². The summed E-state index contributed by atoms with van der Waals surface area (Å²) in [5.41, 5.74) is 1.89. The van der Waals surface area contributed by atoms with E-state index in [1.165, 1.54) is 30.3 Å². The highest BCUT2D eigenvalue weighted by Crippen LogP contribution is 2.37. The van der Waals surface area contributed by atoms with Crippen LogP contribution < -0.4 is 4.18 Å². The first-order valence-corrected chi connectivity index (χ1v) is 10.7. The minimum atomic E-state index is -4.18. The van der Waals surface area contributed by atoms with Gasteiger partial charge in [-0.2, -0.15) is 8.42 Å². The van der Waals surface area contributed by atoms with Crippen molar-refractivity contribution in [3.63, 3.8) is 0 Å². The number of benzene rings is 4. The number of phenolic OH excluding ortho intramolecular Hbond substituents is 2. The summed E-state index contributed by atoms with van der Waals surface area (Å²) in [5, 5.41) is 29.0. The van der Waals surface area contributed by atoms with Crippen molar-refractivity contribution < 1.29 is 22.8 Å². The van der Waals surface area contributed by atoms with Crippen LogP contribution in [0.2, 0.25) is 0 Å². The van der Waals surface area contributed by atoms with Crippen molar-refractivity contribution in [1.82, 2.24) is 0 Å². The standard InChI is InChI=1S/C23H16N2O5S/c24-25-21-13-12-19-20(23(21)27)2-1-3-22(19)31(28,29)30-18-10-6-16(7-11-18)14-15-4-8-17(26)9-5-15/h1-13H,14H2,(H-,26,27)/p+1. The lowest BCUT2D eigenvalue weighted by Crippen LogP contribution is -2.10. The Morgan fingerprint density at radius 2 is 1.45 bits per heavy atom. The van der Waals surface area contributed by atoms with Crippen LogP contribution in [0.5, 0.6) is 17.2 Å². The number of hydrogen-bond donors (Lipinski definition) is 2. The van der Waals surface area contributed by atoms with Gasteiger partial charge in [0.1, 0.15) is 16.4 Å². The normalized spacial score (nSPS) is 11.2. The Labute approximate surface area is 178 Å². The van der Waals surface area contributed by atoms with Gasteiger partial charge in [0.25, 0.3) is 0 Å². The zero-order valence-electron chi connectivity index (χ0n) is 16.1. The molecular formula is C23H17N2O5S+. The van der Waals surface area contributed by atoms with E-state index in [-0.39, 0.29) is 38.6 Å². The molecule has 4 aromatic carbocycles. The number of phenols is 2. The van der Waals surface area contributed by atoms with Crippen LogP contribution in [-0.2, 0) is 16.5 Å². The summed E-state index contributed by atoms with van der Waals surface area (Å²) in [6.45, 7) is 0. The predicted octanol–water partition coefficient (Wildman–Crippen LogP) is 5.09. The molecule has 0 aliphatic rings. The molecule has 0 spiro atoms. The van der Waals surface area contributed by atoms with Crippen LogP contribution in [0.1, 0.15) is 11.1 Å². The lowest BCUT2D eigenvalue weighted by molar-refractivity contribution is 0.475. The van der Waals surface area contributed by atoms with E-state index in [2.05, 4.69) is 4.98 Å². The largest absolute Gasteiger partial charge is 0.508 e. The van der Waals surface area contributed by atoms with Crippen molar-refractivity contribution >= 4 is 26.6 Å². The van der Waals surface area contributed by atoms with Crippen molar-refractivity contribution in [2.75, 3.05) is 0 Å². The van der Waals surface area contributed by atoms with Gasteiger partial charge in [-0.1, -0.05) is 36.4 Å². The fourth-order valence-electron chi connectivity index (χ4n) is 3.28. The topological polar surface area (TPSA) is 112 Å². The smallest absolute Gasteiger partial charge is 0.426 e. The summed E-state index contributed by atoms with van der Waals surface area (Å²) in [5.74, 6) is 0.0229. The van der Waals surface area contributed by atoms with Crippen molar-refractivity contribution in [3.8, 4) is 17.2 Å². The van der Waals surface area contributed by atoms with Crippen molar-refractivity contribution in [3.05, 3.63) is 95.0 Å². The maximum absolute atomic E-state index is 12.9. The highest BCUT2D eigenvalue weighted by Gasteiger charge is 2.24. The second kappa shape index (κ2) is 7.97. The summed E-state index contributed by atoms with van der Waals surface area (Å²) in [7, 11) is -4.18. The van der Waals surface area contributed by atoms with E-state index < -0.39 is 10.1 Å². The molecule has 0 bridgehead atoms. The number of nitrogens with zero attached hydrogens (tertiary/aromatic N) is 2.